The van der Waals surface area contributed by atoms with Crippen LogP contribution >= 0.6 is 23.2 Å². The zero-order valence-electron chi connectivity index (χ0n) is 15.7. The van der Waals surface area contributed by atoms with Crippen molar-refractivity contribution in [1.29, 1.82) is 0 Å². The highest BCUT2D eigenvalue weighted by atomic mass is 35.5. The zero-order chi connectivity index (χ0) is 19.3. The molecule has 2 aromatic rings. The summed E-state index contributed by atoms with van der Waals surface area (Å²) in [7, 11) is 0. The summed E-state index contributed by atoms with van der Waals surface area (Å²) in [6.45, 7) is 3.23. The van der Waals surface area contributed by atoms with Gasteiger partial charge in [-0.3, -0.25) is 9.69 Å². The fourth-order valence-corrected chi connectivity index (χ4v) is 4.72. The molecule has 28 heavy (non-hydrogen) atoms. The van der Waals surface area contributed by atoms with Crippen LogP contribution in [0.2, 0.25) is 10.0 Å². The predicted octanol–water partition coefficient (Wildman–Crippen LogP) is 4.58. The largest absolute Gasteiger partial charge is 0.365 e. The van der Waals surface area contributed by atoms with Crippen LogP contribution in [-0.2, 0) is 11.3 Å². The third-order valence-electron chi connectivity index (χ3n) is 6.10. The van der Waals surface area contributed by atoms with Gasteiger partial charge in [-0.25, -0.2) is 0 Å². The van der Waals surface area contributed by atoms with Gasteiger partial charge in [-0.1, -0.05) is 35.3 Å². The van der Waals surface area contributed by atoms with E-state index in [1.165, 1.54) is 18.5 Å². The van der Waals surface area contributed by atoms with Crippen LogP contribution < -0.4 is 9.80 Å². The maximum Gasteiger partial charge on any atom is 0.244 e. The maximum atomic E-state index is 13.4. The average Bonchev–Trinajstić information content (AvgIpc) is 3.52. The number of halogens is 2. The van der Waals surface area contributed by atoms with Crippen molar-refractivity contribution >= 4 is 40.5 Å². The molecule has 0 spiro atoms. The number of rotatable bonds is 4. The number of para-hydroxylation sites is 2. The van der Waals surface area contributed by atoms with E-state index < -0.39 is 0 Å². The molecule has 2 heterocycles. The van der Waals surface area contributed by atoms with Crippen LogP contribution in [0.5, 0.6) is 0 Å². The molecule has 1 aliphatic carbocycles. The lowest BCUT2D eigenvalue weighted by Gasteiger charge is -2.45. The van der Waals surface area contributed by atoms with E-state index in [0.29, 0.717) is 22.6 Å². The first-order chi connectivity index (χ1) is 13.6. The lowest BCUT2D eigenvalue weighted by Crippen LogP contribution is -2.58. The molecule has 5 rings (SSSR count). The highest BCUT2D eigenvalue weighted by molar-refractivity contribution is 6.33. The van der Waals surface area contributed by atoms with Crippen molar-refractivity contribution in [1.82, 2.24) is 4.90 Å². The fourth-order valence-electron chi connectivity index (χ4n) is 4.35. The molecule has 1 amide bonds. The summed E-state index contributed by atoms with van der Waals surface area (Å²) in [5.74, 6) is 0.201. The van der Waals surface area contributed by atoms with Gasteiger partial charge in [0, 0.05) is 42.3 Å². The molecule has 1 atom stereocenters. The molecule has 0 bridgehead atoms. The van der Waals surface area contributed by atoms with Crippen LogP contribution in [0.1, 0.15) is 24.8 Å². The summed E-state index contributed by atoms with van der Waals surface area (Å²) in [5.41, 5.74) is 3.23. The van der Waals surface area contributed by atoms with Gasteiger partial charge in [0.05, 0.1) is 17.4 Å². The normalized spacial score (nSPS) is 22.0. The molecule has 2 aromatic carbocycles. The first kappa shape index (κ1) is 18.3. The minimum absolute atomic E-state index is 0.0874. The van der Waals surface area contributed by atoms with Crippen molar-refractivity contribution in [3.8, 4) is 0 Å². The monoisotopic (exact) mass is 415 g/mol. The summed E-state index contributed by atoms with van der Waals surface area (Å²) in [6.07, 6.45) is 3.42. The van der Waals surface area contributed by atoms with Gasteiger partial charge in [-0.15, -0.1) is 0 Å². The molecule has 1 saturated carbocycles. The second kappa shape index (κ2) is 7.25. The van der Waals surface area contributed by atoms with Crippen molar-refractivity contribution in [2.45, 2.75) is 37.9 Å². The molecule has 0 unspecified atom stereocenters. The molecule has 2 fully saturated rings. The Morgan fingerprint density at radius 1 is 0.964 bits per heavy atom. The summed E-state index contributed by atoms with van der Waals surface area (Å²) >= 11 is 12.5. The first-order valence-corrected chi connectivity index (χ1v) is 10.7. The van der Waals surface area contributed by atoms with E-state index in [2.05, 4.69) is 28.0 Å². The van der Waals surface area contributed by atoms with Crippen LogP contribution in [0.25, 0.3) is 0 Å². The van der Waals surface area contributed by atoms with Gasteiger partial charge in [0.1, 0.15) is 0 Å². The minimum Gasteiger partial charge on any atom is -0.365 e. The second-order valence-electron chi connectivity index (χ2n) is 7.91. The Morgan fingerprint density at radius 2 is 1.75 bits per heavy atom. The molecular formula is C22H23Cl2N3O. The highest BCUT2D eigenvalue weighted by Gasteiger charge is 2.41. The molecule has 2 aliphatic heterocycles. The fraction of sp³-hybridized carbons (Fsp3) is 0.409. The van der Waals surface area contributed by atoms with E-state index >= 15 is 0 Å². The number of carbonyl (C=O) groups excluding carboxylic acids is 1. The maximum absolute atomic E-state index is 13.4. The second-order valence-corrected chi connectivity index (χ2v) is 8.76. The van der Waals surface area contributed by atoms with E-state index in [0.717, 1.165) is 37.3 Å². The van der Waals surface area contributed by atoms with Crippen LogP contribution in [0.3, 0.4) is 0 Å². The van der Waals surface area contributed by atoms with E-state index in [1.807, 2.05) is 23.1 Å². The van der Waals surface area contributed by atoms with Crippen LogP contribution in [-0.4, -0.2) is 42.5 Å². The molecule has 6 heteroatoms. The third kappa shape index (κ3) is 3.28. The molecule has 4 nitrogen and oxygen atoms in total. The van der Waals surface area contributed by atoms with Gasteiger partial charge >= 0.3 is 0 Å². The zero-order valence-corrected chi connectivity index (χ0v) is 17.2. The van der Waals surface area contributed by atoms with Crippen molar-refractivity contribution < 1.29 is 4.79 Å². The number of likely N-dealkylation sites (tertiary alicyclic amines) is 1. The third-order valence-corrected chi connectivity index (χ3v) is 6.70. The van der Waals surface area contributed by atoms with Crippen molar-refractivity contribution in [3.05, 3.63) is 58.1 Å². The van der Waals surface area contributed by atoms with E-state index in [-0.39, 0.29) is 11.9 Å². The van der Waals surface area contributed by atoms with Crippen LogP contribution in [0, 0.1) is 0 Å². The van der Waals surface area contributed by atoms with Gasteiger partial charge in [0.15, 0.2) is 0 Å². The molecule has 0 radical (unpaired) electrons. The molecule has 146 valence electrons. The van der Waals surface area contributed by atoms with Gasteiger partial charge in [-0.05, 0) is 55.2 Å². The molecule has 0 N–H and O–H groups in total. The number of hydrogen-bond donors (Lipinski definition) is 0. The van der Waals surface area contributed by atoms with Gasteiger partial charge in [-0.2, -0.15) is 0 Å². The quantitative estimate of drug-likeness (QED) is 0.730. The summed E-state index contributed by atoms with van der Waals surface area (Å²) in [6, 6.07) is 14.4. The number of anilines is 2. The predicted molar refractivity (Wildman–Crippen MR) is 114 cm³/mol. The van der Waals surface area contributed by atoms with Gasteiger partial charge < -0.3 is 9.80 Å². The van der Waals surface area contributed by atoms with Crippen molar-refractivity contribution in [2.24, 2.45) is 0 Å². The minimum atomic E-state index is -0.0874. The van der Waals surface area contributed by atoms with Crippen LogP contribution in [0.4, 0.5) is 11.4 Å². The average molecular weight is 416 g/mol. The Kier molecular flexibility index (Phi) is 4.74. The molecule has 0 aromatic heterocycles. The van der Waals surface area contributed by atoms with Crippen molar-refractivity contribution in [3.63, 3.8) is 0 Å². The van der Waals surface area contributed by atoms with Gasteiger partial charge in [0.25, 0.3) is 0 Å². The highest BCUT2D eigenvalue weighted by Crippen LogP contribution is 2.40. The molecule has 3 aliphatic rings. The topological polar surface area (TPSA) is 26.8 Å². The number of hydrogen-bond acceptors (Lipinski definition) is 3. The van der Waals surface area contributed by atoms with E-state index in [9.17, 15) is 4.79 Å². The Bertz CT molecular complexity index is 914. The van der Waals surface area contributed by atoms with Gasteiger partial charge in [0.2, 0.25) is 5.91 Å². The van der Waals surface area contributed by atoms with Crippen molar-refractivity contribution in [2.75, 3.05) is 29.4 Å². The van der Waals surface area contributed by atoms with E-state index in [1.54, 1.807) is 6.07 Å². The number of fused-ring (bicyclic) bond motifs is 1. The SMILES string of the molecule is O=C([C@@H]1CCN1Cc1cc(Cl)ccc1Cl)N1CCN(C2CC2)c2ccccc21. The smallest absolute Gasteiger partial charge is 0.244 e. The lowest BCUT2D eigenvalue weighted by molar-refractivity contribution is -0.128. The lowest BCUT2D eigenvalue weighted by atomic mass is 9.99. The molecule has 1 saturated heterocycles. The Balaban J connectivity index is 1.35. The Morgan fingerprint density at radius 3 is 2.46 bits per heavy atom. The Hall–Kier alpha value is -1.75. The number of amides is 1. The van der Waals surface area contributed by atoms with E-state index in [4.69, 9.17) is 23.2 Å². The number of nitrogens with zero attached hydrogens (tertiary/aromatic N) is 3. The summed E-state index contributed by atoms with van der Waals surface area (Å²) in [4.78, 5) is 20.1. The molecular weight excluding hydrogens is 393 g/mol. The summed E-state index contributed by atoms with van der Waals surface area (Å²) < 4.78 is 0. The standard InChI is InChI=1S/C22H23Cl2N3O/c23-16-5-8-18(24)15(13-16)14-25-10-9-21(25)22(28)27-12-11-26(17-6-7-17)19-3-1-2-4-20(19)27/h1-5,8,13,17,21H,6-7,9-12,14H2/t21-/m0/s1. The summed E-state index contributed by atoms with van der Waals surface area (Å²) in [5, 5.41) is 1.37. The Labute approximate surface area is 175 Å². The number of benzene rings is 2. The first-order valence-electron chi connectivity index (χ1n) is 9.97. The number of carbonyl (C=O) groups is 1. The van der Waals surface area contributed by atoms with Crippen LogP contribution in [0.15, 0.2) is 42.5 Å².